The van der Waals surface area contributed by atoms with Crippen LogP contribution in [-0.4, -0.2) is 73.4 Å². The molecule has 2 aliphatic carbocycles. The minimum atomic E-state index is -0.0912. The topological polar surface area (TPSA) is 77.0 Å². The van der Waals surface area contributed by atoms with Gasteiger partial charge in [-0.15, -0.1) is 24.0 Å². The number of hydrogen-bond donors (Lipinski definition) is 2. The molecule has 3 aliphatic rings. The third kappa shape index (κ3) is 4.95. The van der Waals surface area contributed by atoms with Crippen molar-refractivity contribution in [3.8, 4) is 0 Å². The predicted molar refractivity (Wildman–Crippen MR) is 126 cm³/mol. The van der Waals surface area contributed by atoms with Crippen LogP contribution in [0.2, 0.25) is 0 Å². The summed E-state index contributed by atoms with van der Waals surface area (Å²) in [5.41, 5.74) is 0. The summed E-state index contributed by atoms with van der Waals surface area (Å²) < 4.78 is 0. The summed E-state index contributed by atoms with van der Waals surface area (Å²) in [4.78, 5) is 33.5. The second-order valence-electron chi connectivity index (χ2n) is 8.13. The third-order valence-electron chi connectivity index (χ3n) is 6.64. The van der Waals surface area contributed by atoms with Crippen LogP contribution in [0.25, 0.3) is 0 Å². The molecule has 5 unspecified atom stereocenters. The van der Waals surface area contributed by atoms with Gasteiger partial charge in [0, 0.05) is 32.7 Å². The van der Waals surface area contributed by atoms with Crippen molar-refractivity contribution in [2.75, 3.05) is 39.8 Å². The first kappa shape index (κ1) is 24.1. The number of allylic oxidation sites excluding steroid dienone is 2. The van der Waals surface area contributed by atoms with Gasteiger partial charge in [0.2, 0.25) is 11.8 Å². The van der Waals surface area contributed by atoms with E-state index in [0.717, 1.165) is 38.4 Å². The Labute approximate surface area is 191 Å². The molecule has 0 radical (unpaired) electrons. The number of aliphatic imine (C=N–C) groups is 1. The number of hydrogen-bond acceptors (Lipinski definition) is 4. The van der Waals surface area contributed by atoms with E-state index in [1.807, 2.05) is 0 Å². The van der Waals surface area contributed by atoms with Crippen molar-refractivity contribution < 1.29 is 9.59 Å². The molecule has 1 saturated heterocycles. The Bertz CT molecular complexity index is 619. The normalized spacial score (nSPS) is 28.7. The average molecular weight is 517 g/mol. The van der Waals surface area contributed by atoms with E-state index in [2.05, 4.69) is 53.4 Å². The van der Waals surface area contributed by atoms with E-state index in [1.165, 1.54) is 4.90 Å². The van der Waals surface area contributed by atoms with Crippen LogP contribution in [0.4, 0.5) is 0 Å². The molecule has 0 aromatic carbocycles. The number of halogens is 1. The molecule has 2 amide bonds. The van der Waals surface area contributed by atoms with Gasteiger partial charge in [0.25, 0.3) is 0 Å². The molecule has 3 rings (SSSR count). The fourth-order valence-electron chi connectivity index (χ4n) is 5.07. The Hall–Kier alpha value is -1.16. The zero-order valence-electron chi connectivity index (χ0n) is 18.1. The Morgan fingerprint density at radius 1 is 1.17 bits per heavy atom. The van der Waals surface area contributed by atoms with Gasteiger partial charge in [0.1, 0.15) is 0 Å². The third-order valence-corrected chi connectivity index (χ3v) is 6.64. The molecule has 1 heterocycles. The van der Waals surface area contributed by atoms with Crippen molar-refractivity contribution >= 4 is 41.8 Å². The zero-order valence-corrected chi connectivity index (χ0v) is 20.4. The SMILES string of the molecule is CCN(CC)C(C)CNC(=NC)NCCCN1C(=O)C2C3C=CC(C3)C2C1=O.I. The van der Waals surface area contributed by atoms with Crippen molar-refractivity contribution in [2.24, 2.45) is 28.7 Å². The number of guanidine groups is 1. The van der Waals surface area contributed by atoms with Crippen molar-refractivity contribution in [1.29, 1.82) is 0 Å². The molecule has 1 aliphatic heterocycles. The van der Waals surface area contributed by atoms with Gasteiger partial charge < -0.3 is 10.6 Å². The van der Waals surface area contributed by atoms with Crippen LogP contribution >= 0.6 is 24.0 Å². The highest BCUT2D eigenvalue weighted by Crippen LogP contribution is 2.52. The highest BCUT2D eigenvalue weighted by Gasteiger charge is 2.58. The highest BCUT2D eigenvalue weighted by molar-refractivity contribution is 14.0. The Morgan fingerprint density at radius 2 is 1.76 bits per heavy atom. The largest absolute Gasteiger partial charge is 0.356 e. The number of rotatable bonds is 9. The molecule has 2 N–H and O–H groups in total. The Kier molecular flexibility index (Phi) is 8.93. The lowest BCUT2D eigenvalue weighted by atomic mass is 9.85. The molecule has 0 aromatic heterocycles. The van der Waals surface area contributed by atoms with E-state index in [1.54, 1.807) is 7.05 Å². The fraction of sp³-hybridized carbons (Fsp3) is 0.762. The van der Waals surface area contributed by atoms with Gasteiger partial charge in [0.15, 0.2) is 5.96 Å². The first-order valence-electron chi connectivity index (χ1n) is 10.7. The van der Waals surface area contributed by atoms with Crippen molar-refractivity contribution in [3.63, 3.8) is 0 Å². The van der Waals surface area contributed by atoms with Crippen LogP contribution in [-0.2, 0) is 9.59 Å². The molecule has 2 bridgehead atoms. The fourth-order valence-corrected chi connectivity index (χ4v) is 5.07. The van der Waals surface area contributed by atoms with E-state index in [0.29, 0.717) is 19.1 Å². The summed E-state index contributed by atoms with van der Waals surface area (Å²) in [6, 6.07) is 0.428. The molecule has 29 heavy (non-hydrogen) atoms. The molecule has 1 saturated carbocycles. The quantitative estimate of drug-likeness (QED) is 0.122. The summed E-state index contributed by atoms with van der Waals surface area (Å²) in [5, 5.41) is 6.65. The van der Waals surface area contributed by atoms with Gasteiger partial charge in [-0.05, 0) is 44.7 Å². The van der Waals surface area contributed by atoms with E-state index >= 15 is 0 Å². The maximum absolute atomic E-state index is 12.7. The lowest BCUT2D eigenvalue weighted by Gasteiger charge is -2.27. The number of likely N-dealkylation sites (tertiary alicyclic amines) is 1. The van der Waals surface area contributed by atoms with Crippen molar-refractivity contribution in [2.45, 2.75) is 39.7 Å². The van der Waals surface area contributed by atoms with Gasteiger partial charge in [-0.1, -0.05) is 26.0 Å². The molecule has 0 aromatic rings. The van der Waals surface area contributed by atoms with Crippen LogP contribution in [0.1, 0.15) is 33.6 Å². The Balaban J connectivity index is 0.00000300. The molecule has 2 fully saturated rings. The summed E-state index contributed by atoms with van der Waals surface area (Å²) in [5.74, 6) is 1.23. The minimum absolute atomic E-state index is 0. The number of carbonyl (C=O) groups is 2. The highest BCUT2D eigenvalue weighted by atomic mass is 127. The first-order valence-corrected chi connectivity index (χ1v) is 10.7. The zero-order chi connectivity index (χ0) is 20.3. The van der Waals surface area contributed by atoms with Crippen LogP contribution in [0, 0.1) is 23.7 Å². The number of amides is 2. The van der Waals surface area contributed by atoms with Crippen molar-refractivity contribution in [3.05, 3.63) is 12.2 Å². The van der Waals surface area contributed by atoms with Gasteiger partial charge in [-0.25, -0.2) is 0 Å². The summed E-state index contributed by atoms with van der Waals surface area (Å²) in [6.45, 7) is 10.6. The monoisotopic (exact) mass is 517 g/mol. The number of carbonyl (C=O) groups excluding carboxylic acids is 2. The molecule has 5 atom stereocenters. The summed E-state index contributed by atoms with van der Waals surface area (Å²) >= 11 is 0. The van der Waals surface area contributed by atoms with E-state index in [9.17, 15) is 9.59 Å². The van der Waals surface area contributed by atoms with E-state index in [-0.39, 0.29) is 59.5 Å². The van der Waals surface area contributed by atoms with Gasteiger partial charge in [-0.3, -0.25) is 24.4 Å². The molecule has 0 spiro atoms. The van der Waals surface area contributed by atoms with E-state index in [4.69, 9.17) is 0 Å². The number of imide groups is 1. The van der Waals surface area contributed by atoms with E-state index < -0.39 is 0 Å². The standard InChI is InChI=1S/C21H35N5O2.HI/c1-5-25(6-2)14(3)13-24-21(22-4)23-10-7-11-26-19(27)17-15-8-9-16(12-15)18(17)20(26)28;/h8-9,14-18H,5-7,10-13H2,1-4H3,(H2,22,23,24);1H. The molecule has 164 valence electrons. The molecule has 8 heteroatoms. The second-order valence-corrected chi connectivity index (χ2v) is 8.13. The minimum Gasteiger partial charge on any atom is -0.356 e. The van der Waals surface area contributed by atoms with Crippen molar-refractivity contribution in [1.82, 2.24) is 20.4 Å². The van der Waals surface area contributed by atoms with Crippen LogP contribution in [0.5, 0.6) is 0 Å². The number of likely N-dealkylation sites (N-methyl/N-ethyl adjacent to an activating group) is 1. The molecular weight excluding hydrogens is 481 g/mol. The van der Waals surface area contributed by atoms with Crippen LogP contribution in [0.3, 0.4) is 0 Å². The lowest BCUT2D eigenvalue weighted by molar-refractivity contribution is -0.140. The second kappa shape index (κ2) is 10.7. The number of fused-ring (bicyclic) bond motifs is 5. The number of nitrogens with one attached hydrogen (secondary N) is 2. The summed E-state index contributed by atoms with van der Waals surface area (Å²) in [7, 11) is 1.76. The molecule has 7 nitrogen and oxygen atoms in total. The maximum atomic E-state index is 12.7. The van der Waals surface area contributed by atoms with Crippen LogP contribution < -0.4 is 10.6 Å². The smallest absolute Gasteiger partial charge is 0.233 e. The maximum Gasteiger partial charge on any atom is 0.233 e. The lowest BCUT2D eigenvalue weighted by Crippen LogP contribution is -2.46. The van der Waals surface area contributed by atoms with Crippen LogP contribution in [0.15, 0.2) is 17.1 Å². The predicted octanol–water partition coefficient (Wildman–Crippen LogP) is 1.70. The van der Waals surface area contributed by atoms with Gasteiger partial charge >= 0.3 is 0 Å². The summed E-state index contributed by atoms with van der Waals surface area (Å²) in [6.07, 6.45) is 5.98. The molecular formula is C21H36IN5O2. The average Bonchev–Trinajstić information content (AvgIpc) is 3.37. The number of nitrogens with zero attached hydrogens (tertiary/aromatic N) is 3. The van der Waals surface area contributed by atoms with Gasteiger partial charge in [-0.2, -0.15) is 0 Å². The van der Waals surface area contributed by atoms with Gasteiger partial charge in [0.05, 0.1) is 11.8 Å². The Morgan fingerprint density at radius 3 is 2.28 bits per heavy atom. The first-order chi connectivity index (χ1) is 13.5.